The van der Waals surface area contributed by atoms with Crippen molar-refractivity contribution in [1.82, 2.24) is 20.2 Å². The van der Waals surface area contributed by atoms with Gasteiger partial charge in [-0.05, 0) is 52.6 Å². The molecule has 0 aliphatic carbocycles. The molecule has 0 unspecified atom stereocenters. The second-order valence-corrected chi connectivity index (χ2v) is 6.60. The Kier molecular flexibility index (Phi) is 4.66. The molecule has 1 N–H and O–H groups in total. The minimum atomic E-state index is -0.0582. The summed E-state index contributed by atoms with van der Waals surface area (Å²) in [4.78, 5) is 0. The lowest BCUT2D eigenvalue weighted by Gasteiger charge is -2.31. The van der Waals surface area contributed by atoms with E-state index in [9.17, 15) is 0 Å². The maximum absolute atomic E-state index is 5.60. The Morgan fingerprint density at radius 2 is 1.93 bits per heavy atom. The van der Waals surface area contributed by atoms with Crippen molar-refractivity contribution < 1.29 is 9.47 Å². The SMILES string of the molecule is CCc1ccc([C@H]2C[C@H](c3cc(OC)ccc3OC)n3nnnc3N2)cc1. The van der Waals surface area contributed by atoms with E-state index in [-0.39, 0.29) is 12.1 Å². The van der Waals surface area contributed by atoms with Gasteiger partial charge in [0.05, 0.1) is 26.3 Å². The average Bonchev–Trinajstić information content (AvgIpc) is 3.21. The van der Waals surface area contributed by atoms with Crippen LogP contribution < -0.4 is 14.8 Å². The molecule has 1 aliphatic rings. The van der Waals surface area contributed by atoms with Gasteiger partial charge in [-0.3, -0.25) is 0 Å². The third kappa shape index (κ3) is 3.20. The molecule has 2 aromatic carbocycles. The fourth-order valence-corrected chi connectivity index (χ4v) is 3.60. The third-order valence-corrected chi connectivity index (χ3v) is 5.14. The minimum Gasteiger partial charge on any atom is -0.497 e. The van der Waals surface area contributed by atoms with E-state index in [1.807, 2.05) is 22.9 Å². The highest BCUT2D eigenvalue weighted by molar-refractivity contribution is 5.46. The Labute approximate surface area is 158 Å². The highest BCUT2D eigenvalue weighted by atomic mass is 16.5. The fourth-order valence-electron chi connectivity index (χ4n) is 3.60. The highest BCUT2D eigenvalue weighted by Gasteiger charge is 2.32. The maximum atomic E-state index is 5.60. The number of tetrazole rings is 1. The van der Waals surface area contributed by atoms with Gasteiger partial charge in [0.2, 0.25) is 5.95 Å². The molecular formula is C20H23N5O2. The molecule has 0 fully saturated rings. The number of fused-ring (bicyclic) bond motifs is 1. The quantitative estimate of drug-likeness (QED) is 0.747. The molecule has 27 heavy (non-hydrogen) atoms. The Bertz CT molecular complexity index is 922. The monoisotopic (exact) mass is 365 g/mol. The molecule has 0 radical (unpaired) electrons. The summed E-state index contributed by atoms with van der Waals surface area (Å²) >= 11 is 0. The van der Waals surface area contributed by atoms with Gasteiger partial charge in [-0.25, -0.2) is 4.68 Å². The zero-order valence-electron chi connectivity index (χ0n) is 15.7. The average molecular weight is 365 g/mol. The zero-order valence-corrected chi connectivity index (χ0v) is 15.7. The molecule has 2 heterocycles. The van der Waals surface area contributed by atoms with Gasteiger partial charge >= 0.3 is 0 Å². The minimum absolute atomic E-state index is 0.0582. The molecule has 0 bridgehead atoms. The van der Waals surface area contributed by atoms with Crippen molar-refractivity contribution in [1.29, 1.82) is 0 Å². The number of hydrogen-bond donors (Lipinski definition) is 1. The van der Waals surface area contributed by atoms with Crippen LogP contribution in [0.15, 0.2) is 42.5 Å². The van der Waals surface area contributed by atoms with Crippen LogP contribution in [0.3, 0.4) is 0 Å². The van der Waals surface area contributed by atoms with Crippen molar-refractivity contribution in [2.24, 2.45) is 0 Å². The summed E-state index contributed by atoms with van der Waals surface area (Å²) in [6.07, 6.45) is 1.83. The zero-order chi connectivity index (χ0) is 18.8. The van der Waals surface area contributed by atoms with Gasteiger partial charge in [-0.15, -0.1) is 0 Å². The lowest BCUT2D eigenvalue weighted by atomic mass is 9.92. The van der Waals surface area contributed by atoms with E-state index >= 15 is 0 Å². The summed E-state index contributed by atoms with van der Waals surface area (Å²) in [6, 6.07) is 14.6. The largest absolute Gasteiger partial charge is 0.497 e. The Morgan fingerprint density at radius 1 is 1.11 bits per heavy atom. The van der Waals surface area contributed by atoms with Gasteiger partial charge in [0, 0.05) is 5.56 Å². The molecule has 1 aliphatic heterocycles. The lowest BCUT2D eigenvalue weighted by Crippen LogP contribution is -2.28. The topological polar surface area (TPSA) is 74.1 Å². The highest BCUT2D eigenvalue weighted by Crippen LogP contribution is 2.41. The molecule has 0 saturated carbocycles. The van der Waals surface area contributed by atoms with Crippen molar-refractivity contribution >= 4 is 5.95 Å². The van der Waals surface area contributed by atoms with Crippen LogP contribution in [0.5, 0.6) is 11.5 Å². The number of aryl methyl sites for hydroxylation is 1. The number of ether oxygens (including phenoxy) is 2. The van der Waals surface area contributed by atoms with Crippen LogP contribution in [0.4, 0.5) is 5.95 Å². The van der Waals surface area contributed by atoms with E-state index in [2.05, 4.69) is 52.0 Å². The summed E-state index contributed by atoms with van der Waals surface area (Å²) in [5, 5.41) is 15.7. The number of rotatable bonds is 5. The van der Waals surface area contributed by atoms with Crippen molar-refractivity contribution in [3.05, 3.63) is 59.2 Å². The van der Waals surface area contributed by atoms with Crippen molar-refractivity contribution in [2.45, 2.75) is 31.8 Å². The number of aromatic nitrogens is 4. The second-order valence-electron chi connectivity index (χ2n) is 6.60. The first kappa shape index (κ1) is 17.3. The number of benzene rings is 2. The number of anilines is 1. The summed E-state index contributed by atoms with van der Waals surface area (Å²) in [7, 11) is 3.34. The second kappa shape index (κ2) is 7.26. The van der Waals surface area contributed by atoms with E-state index in [4.69, 9.17) is 9.47 Å². The number of nitrogens with zero attached hydrogens (tertiary/aromatic N) is 4. The van der Waals surface area contributed by atoms with Crippen molar-refractivity contribution in [3.8, 4) is 11.5 Å². The number of nitrogens with one attached hydrogen (secondary N) is 1. The van der Waals surface area contributed by atoms with Crippen LogP contribution in [0, 0.1) is 0 Å². The van der Waals surface area contributed by atoms with E-state index < -0.39 is 0 Å². The van der Waals surface area contributed by atoms with Crippen molar-refractivity contribution in [3.63, 3.8) is 0 Å². The van der Waals surface area contributed by atoms with Crippen LogP contribution in [0.25, 0.3) is 0 Å². The Hall–Kier alpha value is -3.09. The predicted octanol–water partition coefficient (Wildman–Crippen LogP) is 3.40. The van der Waals surface area contributed by atoms with Gasteiger partial charge in [-0.1, -0.05) is 36.3 Å². The van der Waals surface area contributed by atoms with Crippen LogP contribution in [-0.4, -0.2) is 34.4 Å². The van der Waals surface area contributed by atoms with Gasteiger partial charge in [0.1, 0.15) is 11.5 Å². The molecule has 3 aromatic rings. The summed E-state index contributed by atoms with van der Waals surface area (Å²) in [5.41, 5.74) is 3.54. The van der Waals surface area contributed by atoms with E-state index in [0.29, 0.717) is 5.95 Å². The van der Waals surface area contributed by atoms with Gasteiger partial charge in [0.25, 0.3) is 0 Å². The Morgan fingerprint density at radius 3 is 2.63 bits per heavy atom. The molecule has 0 saturated heterocycles. The molecule has 140 valence electrons. The van der Waals surface area contributed by atoms with Gasteiger partial charge in [-0.2, -0.15) is 0 Å². The standard InChI is InChI=1S/C20H23N5O2/c1-4-13-5-7-14(8-6-13)17-12-18(25-20(21-17)22-23-24-25)16-11-15(26-2)9-10-19(16)27-3/h5-11,17-18H,4,12H2,1-3H3,(H,21,22,24)/t17-,18-/m1/s1. The van der Waals surface area contributed by atoms with Crippen molar-refractivity contribution in [2.75, 3.05) is 19.5 Å². The molecule has 7 nitrogen and oxygen atoms in total. The fraction of sp³-hybridized carbons (Fsp3) is 0.350. The maximum Gasteiger partial charge on any atom is 0.243 e. The predicted molar refractivity (Wildman–Crippen MR) is 102 cm³/mol. The van der Waals surface area contributed by atoms with Gasteiger partial charge in [0.15, 0.2) is 0 Å². The summed E-state index contributed by atoms with van der Waals surface area (Å²) in [6.45, 7) is 2.16. The molecule has 0 spiro atoms. The van der Waals surface area contributed by atoms with Gasteiger partial charge < -0.3 is 14.8 Å². The molecule has 0 amide bonds. The first-order valence-corrected chi connectivity index (χ1v) is 9.08. The Balaban J connectivity index is 1.74. The van der Waals surface area contributed by atoms with Crippen LogP contribution in [-0.2, 0) is 6.42 Å². The summed E-state index contributed by atoms with van der Waals surface area (Å²) < 4.78 is 12.8. The number of methoxy groups -OCH3 is 2. The smallest absolute Gasteiger partial charge is 0.243 e. The summed E-state index contributed by atoms with van der Waals surface area (Å²) in [5.74, 6) is 2.23. The van der Waals surface area contributed by atoms with Crippen LogP contribution in [0.2, 0.25) is 0 Å². The molecular weight excluding hydrogens is 342 g/mol. The molecule has 2 atom stereocenters. The number of hydrogen-bond acceptors (Lipinski definition) is 6. The third-order valence-electron chi connectivity index (χ3n) is 5.14. The normalized spacial score (nSPS) is 18.5. The van der Waals surface area contributed by atoms with Crippen LogP contribution in [0.1, 0.15) is 42.1 Å². The lowest BCUT2D eigenvalue weighted by molar-refractivity contribution is 0.371. The first-order chi connectivity index (χ1) is 13.2. The molecule has 7 heteroatoms. The first-order valence-electron chi connectivity index (χ1n) is 9.08. The van der Waals surface area contributed by atoms with E-state index in [0.717, 1.165) is 29.9 Å². The van der Waals surface area contributed by atoms with Crippen LogP contribution >= 0.6 is 0 Å². The van der Waals surface area contributed by atoms with E-state index in [1.54, 1.807) is 14.2 Å². The van der Waals surface area contributed by atoms with E-state index in [1.165, 1.54) is 11.1 Å². The molecule has 4 rings (SSSR count). The molecule has 1 aromatic heterocycles.